The first-order valence-corrected chi connectivity index (χ1v) is 8.71. The van der Waals surface area contributed by atoms with Gasteiger partial charge in [0.15, 0.2) is 5.96 Å². The Morgan fingerprint density at radius 2 is 1.96 bits per heavy atom. The predicted molar refractivity (Wildman–Crippen MR) is 93.9 cm³/mol. The Labute approximate surface area is 138 Å². The highest BCUT2D eigenvalue weighted by atomic mass is 16.2. The maximum Gasteiger partial charge on any atom is 0.244 e. The van der Waals surface area contributed by atoms with Crippen molar-refractivity contribution in [1.82, 2.24) is 10.2 Å². The van der Waals surface area contributed by atoms with Crippen LogP contribution in [0, 0.1) is 0 Å². The summed E-state index contributed by atoms with van der Waals surface area (Å²) in [6.07, 6.45) is 4.50. The van der Waals surface area contributed by atoms with Crippen LogP contribution < -0.4 is 10.2 Å². The standard InChI is InChI=1S/C18H26N4O/c1-2-19-18(20-14-17(23)21-11-6-3-7-12-21)22-13-10-15-8-4-5-9-16(15)22/h4-5,8-9H,2-3,6-7,10-14H2,1H3,(H,19,20). The van der Waals surface area contributed by atoms with Gasteiger partial charge in [-0.15, -0.1) is 0 Å². The number of nitrogens with zero attached hydrogens (tertiary/aromatic N) is 3. The van der Waals surface area contributed by atoms with Gasteiger partial charge in [0, 0.05) is 31.9 Å². The van der Waals surface area contributed by atoms with Gasteiger partial charge >= 0.3 is 0 Å². The molecule has 2 aliphatic heterocycles. The van der Waals surface area contributed by atoms with Crippen molar-refractivity contribution in [2.45, 2.75) is 32.6 Å². The lowest BCUT2D eigenvalue weighted by Gasteiger charge is -2.27. The van der Waals surface area contributed by atoms with Crippen molar-refractivity contribution >= 4 is 17.6 Å². The number of carbonyl (C=O) groups excluding carboxylic acids is 1. The van der Waals surface area contributed by atoms with Crippen molar-refractivity contribution in [3.8, 4) is 0 Å². The topological polar surface area (TPSA) is 47.9 Å². The van der Waals surface area contributed by atoms with Crippen LogP contribution in [-0.2, 0) is 11.2 Å². The molecular formula is C18H26N4O. The van der Waals surface area contributed by atoms with Crippen LogP contribution in [-0.4, -0.2) is 49.5 Å². The number of rotatable bonds is 3. The fourth-order valence-corrected chi connectivity index (χ4v) is 3.34. The van der Waals surface area contributed by atoms with Crippen molar-refractivity contribution in [3.63, 3.8) is 0 Å². The molecular weight excluding hydrogens is 288 g/mol. The molecule has 0 saturated carbocycles. The molecule has 2 aliphatic rings. The Balaban J connectivity index is 1.70. The normalized spacial score (nSPS) is 18.0. The molecule has 124 valence electrons. The van der Waals surface area contributed by atoms with E-state index in [1.165, 1.54) is 17.7 Å². The van der Waals surface area contributed by atoms with Crippen molar-refractivity contribution in [3.05, 3.63) is 29.8 Å². The number of aliphatic imine (C=N–C) groups is 1. The minimum Gasteiger partial charge on any atom is -0.356 e. The monoisotopic (exact) mass is 314 g/mol. The van der Waals surface area contributed by atoms with Crippen LogP contribution in [0.1, 0.15) is 31.7 Å². The Morgan fingerprint density at radius 1 is 1.17 bits per heavy atom. The van der Waals surface area contributed by atoms with Crippen LogP contribution in [0.4, 0.5) is 5.69 Å². The molecule has 1 saturated heterocycles. The van der Waals surface area contributed by atoms with E-state index in [1.807, 2.05) is 4.90 Å². The van der Waals surface area contributed by atoms with Gasteiger partial charge in [-0.05, 0) is 44.2 Å². The molecule has 23 heavy (non-hydrogen) atoms. The highest BCUT2D eigenvalue weighted by Gasteiger charge is 2.23. The van der Waals surface area contributed by atoms with Gasteiger partial charge in [-0.2, -0.15) is 0 Å². The van der Waals surface area contributed by atoms with E-state index in [0.717, 1.165) is 51.4 Å². The largest absolute Gasteiger partial charge is 0.356 e. The summed E-state index contributed by atoms with van der Waals surface area (Å²) in [5, 5.41) is 3.33. The minimum atomic E-state index is 0.146. The summed E-state index contributed by atoms with van der Waals surface area (Å²) in [5.41, 5.74) is 2.55. The van der Waals surface area contributed by atoms with Gasteiger partial charge in [0.1, 0.15) is 6.54 Å². The maximum absolute atomic E-state index is 12.3. The van der Waals surface area contributed by atoms with Gasteiger partial charge in [0.25, 0.3) is 0 Å². The number of para-hydroxylation sites is 1. The summed E-state index contributed by atoms with van der Waals surface area (Å²) < 4.78 is 0. The summed E-state index contributed by atoms with van der Waals surface area (Å²) in [6, 6.07) is 8.42. The number of amides is 1. The molecule has 5 heteroatoms. The van der Waals surface area contributed by atoms with Crippen molar-refractivity contribution in [2.24, 2.45) is 4.99 Å². The van der Waals surface area contributed by atoms with Gasteiger partial charge in [-0.3, -0.25) is 4.79 Å². The lowest BCUT2D eigenvalue weighted by atomic mass is 10.1. The lowest BCUT2D eigenvalue weighted by molar-refractivity contribution is -0.130. The molecule has 2 heterocycles. The van der Waals surface area contributed by atoms with Gasteiger partial charge in [-0.25, -0.2) is 4.99 Å². The molecule has 0 aliphatic carbocycles. The Hall–Kier alpha value is -2.04. The number of guanidine groups is 1. The van der Waals surface area contributed by atoms with Crippen LogP contribution in [0.25, 0.3) is 0 Å². The molecule has 1 N–H and O–H groups in total. The third kappa shape index (κ3) is 3.66. The van der Waals surface area contributed by atoms with E-state index >= 15 is 0 Å². The highest BCUT2D eigenvalue weighted by molar-refractivity contribution is 5.99. The summed E-state index contributed by atoms with van der Waals surface area (Å²) in [4.78, 5) is 21.1. The number of nitrogens with one attached hydrogen (secondary N) is 1. The predicted octanol–water partition coefficient (Wildman–Crippen LogP) is 2.03. The SMILES string of the molecule is CCNC(=NCC(=O)N1CCCCC1)N1CCc2ccccc21. The fourth-order valence-electron chi connectivity index (χ4n) is 3.34. The van der Waals surface area contributed by atoms with Crippen LogP contribution in [0.3, 0.4) is 0 Å². The maximum atomic E-state index is 12.3. The van der Waals surface area contributed by atoms with E-state index in [4.69, 9.17) is 0 Å². The summed E-state index contributed by atoms with van der Waals surface area (Å²) >= 11 is 0. The highest BCUT2D eigenvalue weighted by Crippen LogP contribution is 2.27. The van der Waals surface area contributed by atoms with E-state index in [9.17, 15) is 4.79 Å². The summed E-state index contributed by atoms with van der Waals surface area (Å²) in [6.45, 7) is 5.79. The van der Waals surface area contributed by atoms with E-state index < -0.39 is 0 Å². The third-order valence-corrected chi connectivity index (χ3v) is 4.55. The van der Waals surface area contributed by atoms with Crippen molar-refractivity contribution in [2.75, 3.05) is 37.6 Å². The minimum absolute atomic E-state index is 0.146. The van der Waals surface area contributed by atoms with Crippen LogP contribution in [0.5, 0.6) is 0 Å². The van der Waals surface area contributed by atoms with E-state index in [-0.39, 0.29) is 12.5 Å². The molecule has 0 spiro atoms. The average molecular weight is 314 g/mol. The molecule has 0 radical (unpaired) electrons. The Morgan fingerprint density at radius 3 is 2.74 bits per heavy atom. The summed E-state index contributed by atoms with van der Waals surface area (Å²) in [5.74, 6) is 0.968. The first-order valence-electron chi connectivity index (χ1n) is 8.71. The van der Waals surface area contributed by atoms with E-state index in [1.54, 1.807) is 0 Å². The zero-order chi connectivity index (χ0) is 16.1. The fraction of sp³-hybridized carbons (Fsp3) is 0.556. The zero-order valence-electron chi connectivity index (χ0n) is 13.9. The molecule has 1 aromatic rings. The number of hydrogen-bond donors (Lipinski definition) is 1. The number of likely N-dealkylation sites (tertiary alicyclic amines) is 1. The van der Waals surface area contributed by atoms with Gasteiger partial charge in [-0.1, -0.05) is 18.2 Å². The van der Waals surface area contributed by atoms with Gasteiger partial charge in [0.05, 0.1) is 0 Å². The van der Waals surface area contributed by atoms with Crippen LogP contribution in [0.15, 0.2) is 29.3 Å². The zero-order valence-corrected chi connectivity index (χ0v) is 13.9. The first kappa shape index (κ1) is 15.8. The molecule has 1 amide bonds. The number of piperidine rings is 1. The lowest BCUT2D eigenvalue weighted by Crippen LogP contribution is -2.42. The second-order valence-electron chi connectivity index (χ2n) is 6.14. The molecule has 3 rings (SSSR count). The van der Waals surface area contributed by atoms with Gasteiger partial charge < -0.3 is 15.1 Å². The average Bonchev–Trinajstić information content (AvgIpc) is 3.03. The molecule has 5 nitrogen and oxygen atoms in total. The number of anilines is 1. The summed E-state index contributed by atoms with van der Waals surface area (Å²) in [7, 11) is 0. The Bertz CT molecular complexity index is 578. The van der Waals surface area contributed by atoms with Crippen molar-refractivity contribution in [1.29, 1.82) is 0 Å². The van der Waals surface area contributed by atoms with E-state index in [2.05, 4.69) is 46.4 Å². The first-order chi connectivity index (χ1) is 11.3. The quantitative estimate of drug-likeness (QED) is 0.686. The van der Waals surface area contributed by atoms with Crippen LogP contribution in [0.2, 0.25) is 0 Å². The Kier molecular flexibility index (Phi) is 5.16. The second-order valence-corrected chi connectivity index (χ2v) is 6.14. The molecule has 0 bridgehead atoms. The molecule has 0 atom stereocenters. The molecule has 0 aromatic heterocycles. The second kappa shape index (κ2) is 7.49. The molecule has 0 unspecified atom stereocenters. The number of benzene rings is 1. The molecule has 1 fully saturated rings. The number of carbonyl (C=O) groups is 1. The van der Waals surface area contributed by atoms with Crippen molar-refractivity contribution < 1.29 is 4.79 Å². The van der Waals surface area contributed by atoms with Gasteiger partial charge in [0.2, 0.25) is 5.91 Å². The smallest absolute Gasteiger partial charge is 0.244 e. The molecule has 1 aromatic carbocycles. The van der Waals surface area contributed by atoms with E-state index in [0.29, 0.717) is 0 Å². The van der Waals surface area contributed by atoms with Crippen LogP contribution >= 0.6 is 0 Å². The number of hydrogen-bond acceptors (Lipinski definition) is 2. The third-order valence-electron chi connectivity index (χ3n) is 4.55. The number of fused-ring (bicyclic) bond motifs is 1.